The van der Waals surface area contributed by atoms with Crippen molar-refractivity contribution >= 4 is 5.97 Å². The first-order valence-corrected chi connectivity index (χ1v) is 8.25. The maximum atomic E-state index is 14.1. The number of benzene rings is 1. The van der Waals surface area contributed by atoms with Crippen molar-refractivity contribution in [2.75, 3.05) is 13.7 Å². The van der Waals surface area contributed by atoms with Crippen LogP contribution in [0.1, 0.15) is 36.5 Å². The van der Waals surface area contributed by atoms with Gasteiger partial charge < -0.3 is 19.7 Å². The topological polar surface area (TPSA) is 76.0 Å². The highest BCUT2D eigenvalue weighted by atomic mass is 19.4. The minimum Gasteiger partial charge on any atom is -0.512 e. The first-order valence-electron chi connectivity index (χ1n) is 8.25. The predicted molar refractivity (Wildman–Crippen MR) is 84.6 cm³/mol. The first-order chi connectivity index (χ1) is 12.6. The van der Waals surface area contributed by atoms with Crippen LogP contribution in [-0.4, -0.2) is 36.1 Å². The molecule has 3 rings (SSSR count). The molecule has 2 unspecified atom stereocenters. The average molecular weight is 390 g/mol. The van der Waals surface area contributed by atoms with Gasteiger partial charge in [0.15, 0.2) is 18.2 Å². The Morgan fingerprint density at radius 2 is 2.04 bits per heavy atom. The number of ether oxygens (including phenoxy) is 2. The number of methoxy groups -OCH3 is 1. The summed E-state index contributed by atoms with van der Waals surface area (Å²) in [6, 6.07) is 2.13. The molecule has 9 heteroatoms. The number of halogens is 4. The van der Waals surface area contributed by atoms with E-state index in [0.29, 0.717) is 12.0 Å². The number of esters is 1. The summed E-state index contributed by atoms with van der Waals surface area (Å²) in [4.78, 5) is 11.9. The van der Waals surface area contributed by atoms with Gasteiger partial charge in [-0.2, -0.15) is 13.2 Å². The van der Waals surface area contributed by atoms with E-state index in [4.69, 9.17) is 0 Å². The number of carbonyl (C=O) groups excluding carboxylic acids is 1. The highest BCUT2D eigenvalue weighted by molar-refractivity contribution is 5.89. The van der Waals surface area contributed by atoms with Crippen LogP contribution in [0.25, 0.3) is 0 Å². The molecule has 0 fully saturated rings. The van der Waals surface area contributed by atoms with Crippen molar-refractivity contribution in [1.82, 2.24) is 0 Å². The molecule has 0 heterocycles. The summed E-state index contributed by atoms with van der Waals surface area (Å²) in [5.41, 5.74) is -0.124. The molecular weight excluding hydrogens is 372 g/mol. The lowest BCUT2D eigenvalue weighted by atomic mass is 9.70. The van der Waals surface area contributed by atoms with E-state index < -0.39 is 41.8 Å². The third kappa shape index (κ3) is 3.60. The second kappa shape index (κ2) is 6.70. The van der Waals surface area contributed by atoms with Crippen molar-refractivity contribution in [3.05, 3.63) is 40.4 Å². The molecule has 27 heavy (non-hydrogen) atoms. The smallest absolute Gasteiger partial charge is 0.422 e. The quantitative estimate of drug-likeness (QED) is 0.610. The molecule has 1 aromatic rings. The van der Waals surface area contributed by atoms with Gasteiger partial charge in [-0.3, -0.25) is 0 Å². The van der Waals surface area contributed by atoms with Gasteiger partial charge in [-0.1, -0.05) is 0 Å². The Labute approximate surface area is 152 Å². The second-order valence-electron chi connectivity index (χ2n) is 6.92. The molecule has 1 spiro atoms. The monoisotopic (exact) mass is 390 g/mol. The summed E-state index contributed by atoms with van der Waals surface area (Å²) in [5.74, 6) is -2.37. The van der Waals surface area contributed by atoms with Crippen LogP contribution < -0.4 is 4.74 Å². The molecular formula is C18H18F4O5. The molecule has 2 aliphatic rings. The van der Waals surface area contributed by atoms with Crippen LogP contribution in [0.3, 0.4) is 0 Å². The van der Waals surface area contributed by atoms with E-state index >= 15 is 0 Å². The van der Waals surface area contributed by atoms with Crippen molar-refractivity contribution in [2.45, 2.75) is 38.0 Å². The standard InChI is InChI=1S/C18H18F4O5/c1-26-16(25)11-7-17(3-2-13(11)23)6-9-4-12(19)14(5-10(9)15(17)24)27-8-18(20,21)22/h4-5,15,23-24H,2-3,6-8H2,1H3. The first kappa shape index (κ1) is 19.5. The van der Waals surface area contributed by atoms with E-state index in [1.54, 1.807) is 0 Å². The molecule has 0 aromatic heterocycles. The van der Waals surface area contributed by atoms with Crippen molar-refractivity contribution in [3.8, 4) is 5.75 Å². The summed E-state index contributed by atoms with van der Waals surface area (Å²) in [7, 11) is 1.17. The van der Waals surface area contributed by atoms with Crippen LogP contribution in [0.4, 0.5) is 17.6 Å². The maximum Gasteiger partial charge on any atom is 0.422 e. The van der Waals surface area contributed by atoms with Crippen molar-refractivity contribution in [3.63, 3.8) is 0 Å². The average Bonchev–Trinajstić information content (AvgIpc) is 2.85. The Bertz CT molecular complexity index is 802. The Morgan fingerprint density at radius 1 is 1.33 bits per heavy atom. The van der Waals surface area contributed by atoms with Crippen LogP contribution in [0, 0.1) is 11.2 Å². The van der Waals surface area contributed by atoms with Gasteiger partial charge in [-0.15, -0.1) is 0 Å². The Hall–Kier alpha value is -2.29. The van der Waals surface area contributed by atoms with E-state index in [2.05, 4.69) is 9.47 Å². The van der Waals surface area contributed by atoms with Crippen molar-refractivity contribution in [2.24, 2.45) is 5.41 Å². The minimum absolute atomic E-state index is 0.0156. The zero-order chi connectivity index (χ0) is 20.0. The Balaban J connectivity index is 1.89. The van der Waals surface area contributed by atoms with Gasteiger partial charge in [-0.05, 0) is 42.5 Å². The van der Waals surface area contributed by atoms with Gasteiger partial charge in [0.1, 0.15) is 5.76 Å². The second-order valence-corrected chi connectivity index (χ2v) is 6.92. The van der Waals surface area contributed by atoms with Crippen molar-refractivity contribution in [1.29, 1.82) is 0 Å². The fraction of sp³-hybridized carbons (Fsp3) is 0.500. The number of alkyl halides is 3. The van der Waals surface area contributed by atoms with E-state index in [9.17, 15) is 32.6 Å². The summed E-state index contributed by atoms with van der Waals surface area (Å²) < 4.78 is 60.3. The van der Waals surface area contributed by atoms with Gasteiger partial charge >= 0.3 is 12.1 Å². The van der Waals surface area contributed by atoms with E-state index in [0.717, 1.165) is 12.1 Å². The Morgan fingerprint density at radius 3 is 2.67 bits per heavy atom. The highest BCUT2D eigenvalue weighted by Gasteiger charge is 2.49. The molecule has 1 aromatic carbocycles. The SMILES string of the molecule is COC(=O)C1=C(O)CCC2(C1)Cc1cc(F)c(OCC(F)(F)F)cc1C2O. The minimum atomic E-state index is -4.62. The molecule has 0 saturated carbocycles. The normalized spacial score (nSPS) is 24.9. The molecule has 0 saturated heterocycles. The number of fused-ring (bicyclic) bond motifs is 1. The maximum absolute atomic E-state index is 14.1. The number of carbonyl (C=O) groups is 1. The van der Waals surface area contributed by atoms with Gasteiger partial charge in [0.05, 0.1) is 18.8 Å². The molecule has 0 bridgehead atoms. The lowest BCUT2D eigenvalue weighted by Gasteiger charge is -2.36. The third-order valence-corrected chi connectivity index (χ3v) is 5.17. The number of rotatable bonds is 3. The molecule has 0 amide bonds. The summed E-state index contributed by atoms with van der Waals surface area (Å²) >= 11 is 0. The predicted octanol–water partition coefficient (Wildman–Crippen LogP) is 3.51. The summed E-state index contributed by atoms with van der Waals surface area (Å²) in [6.45, 7) is -1.65. The zero-order valence-corrected chi connectivity index (χ0v) is 14.4. The molecule has 0 radical (unpaired) electrons. The molecule has 148 valence electrons. The highest BCUT2D eigenvalue weighted by Crippen LogP contribution is 2.55. The number of hydrogen-bond donors (Lipinski definition) is 2. The van der Waals surface area contributed by atoms with E-state index in [1.165, 1.54) is 7.11 Å². The van der Waals surface area contributed by atoms with Gasteiger partial charge in [0.25, 0.3) is 0 Å². The number of allylic oxidation sites excluding steroid dienone is 1. The van der Waals surface area contributed by atoms with Gasteiger partial charge in [-0.25, -0.2) is 9.18 Å². The Kier molecular flexibility index (Phi) is 4.83. The third-order valence-electron chi connectivity index (χ3n) is 5.17. The molecule has 2 N–H and O–H groups in total. The fourth-order valence-electron chi connectivity index (χ4n) is 3.85. The van der Waals surface area contributed by atoms with Crippen LogP contribution in [-0.2, 0) is 16.0 Å². The number of aliphatic hydroxyl groups is 2. The van der Waals surface area contributed by atoms with Crippen LogP contribution in [0.5, 0.6) is 5.75 Å². The lowest BCUT2D eigenvalue weighted by Crippen LogP contribution is -2.32. The number of aliphatic hydroxyl groups excluding tert-OH is 2. The van der Waals surface area contributed by atoms with Gasteiger partial charge in [0, 0.05) is 11.8 Å². The largest absolute Gasteiger partial charge is 0.512 e. The van der Waals surface area contributed by atoms with Gasteiger partial charge in [0.2, 0.25) is 0 Å². The van der Waals surface area contributed by atoms with E-state index in [-0.39, 0.29) is 36.2 Å². The fourth-order valence-corrected chi connectivity index (χ4v) is 3.85. The van der Waals surface area contributed by atoms with Crippen LogP contribution in [0.2, 0.25) is 0 Å². The van der Waals surface area contributed by atoms with E-state index in [1.807, 2.05) is 0 Å². The molecule has 0 aliphatic heterocycles. The van der Waals surface area contributed by atoms with Crippen molar-refractivity contribution < 1.29 is 42.0 Å². The summed E-state index contributed by atoms with van der Waals surface area (Å²) in [5, 5.41) is 20.8. The van der Waals surface area contributed by atoms with Crippen LogP contribution >= 0.6 is 0 Å². The molecule has 5 nitrogen and oxygen atoms in total. The van der Waals surface area contributed by atoms with Crippen LogP contribution in [0.15, 0.2) is 23.5 Å². The molecule has 2 aliphatic carbocycles. The number of hydrogen-bond acceptors (Lipinski definition) is 5. The lowest BCUT2D eigenvalue weighted by molar-refractivity contribution is -0.153. The molecule has 2 atom stereocenters. The zero-order valence-electron chi connectivity index (χ0n) is 14.4. The summed E-state index contributed by atoms with van der Waals surface area (Å²) in [6.07, 6.45) is -5.07.